The quantitative estimate of drug-likeness (QED) is 0.911. The first-order valence-corrected chi connectivity index (χ1v) is 7.33. The molecule has 1 aromatic heterocycles. The summed E-state index contributed by atoms with van der Waals surface area (Å²) in [6.45, 7) is 0.890. The van der Waals surface area contributed by atoms with Crippen LogP contribution in [0.2, 0.25) is 0 Å². The molecule has 4 nitrogen and oxygen atoms in total. The maximum atomic E-state index is 4.20. The Balaban J connectivity index is 1.75. The summed E-state index contributed by atoms with van der Waals surface area (Å²) < 4.78 is 1.82. The lowest BCUT2D eigenvalue weighted by molar-refractivity contribution is 0.556. The molecule has 2 heterocycles. The van der Waals surface area contributed by atoms with Crippen molar-refractivity contribution in [2.45, 2.75) is 19.0 Å². The Bertz CT molecular complexity index is 491. The van der Waals surface area contributed by atoms with Crippen molar-refractivity contribution in [1.82, 2.24) is 20.1 Å². The minimum absolute atomic E-state index is 0.652. The van der Waals surface area contributed by atoms with Crippen LogP contribution in [0.1, 0.15) is 12.0 Å². The van der Waals surface area contributed by atoms with Crippen LogP contribution in [-0.2, 0) is 6.54 Å². The highest BCUT2D eigenvalue weighted by molar-refractivity contribution is 7.99. The summed E-state index contributed by atoms with van der Waals surface area (Å²) in [5.41, 5.74) is 2.37. The predicted molar refractivity (Wildman–Crippen MR) is 73.9 cm³/mol. The number of nitrogens with one attached hydrogen (secondary N) is 1. The summed E-state index contributed by atoms with van der Waals surface area (Å²) >= 11 is 2.03. The van der Waals surface area contributed by atoms with Gasteiger partial charge in [-0.2, -0.15) is 16.9 Å². The molecule has 1 aliphatic rings. The lowest BCUT2D eigenvalue weighted by Gasteiger charge is -2.13. The first-order chi connectivity index (χ1) is 8.93. The lowest BCUT2D eigenvalue weighted by Crippen LogP contribution is -2.28. The second kappa shape index (κ2) is 5.54. The molecule has 2 aromatic rings. The molecule has 0 radical (unpaired) electrons. The molecule has 1 aliphatic heterocycles. The normalized spacial score (nSPS) is 19.2. The molecule has 94 valence electrons. The molecular weight excluding hydrogens is 244 g/mol. The average molecular weight is 260 g/mol. The second-order valence-electron chi connectivity index (χ2n) is 4.41. The number of hydrogen-bond acceptors (Lipinski definition) is 4. The first kappa shape index (κ1) is 11.7. The number of rotatable bonds is 4. The van der Waals surface area contributed by atoms with Gasteiger partial charge < -0.3 is 5.32 Å². The molecular formula is C13H16N4S. The fourth-order valence-corrected chi connectivity index (χ4v) is 3.35. The topological polar surface area (TPSA) is 42.7 Å². The Morgan fingerprint density at radius 2 is 2.33 bits per heavy atom. The highest BCUT2D eigenvalue weighted by Crippen LogP contribution is 2.18. The summed E-state index contributed by atoms with van der Waals surface area (Å²) in [5, 5.41) is 7.82. The average Bonchev–Trinajstić information content (AvgIpc) is 3.10. The van der Waals surface area contributed by atoms with Crippen LogP contribution in [-0.4, -0.2) is 32.3 Å². The van der Waals surface area contributed by atoms with Gasteiger partial charge in [-0.25, -0.2) is 9.67 Å². The van der Waals surface area contributed by atoms with E-state index in [-0.39, 0.29) is 0 Å². The number of para-hydroxylation sites is 1. The predicted octanol–water partition coefficient (Wildman–Crippen LogP) is 1.86. The largest absolute Gasteiger partial charge is 0.309 e. The second-order valence-corrected chi connectivity index (χ2v) is 5.56. The van der Waals surface area contributed by atoms with E-state index in [9.17, 15) is 0 Å². The van der Waals surface area contributed by atoms with Gasteiger partial charge in [-0.3, -0.25) is 0 Å². The first-order valence-electron chi connectivity index (χ1n) is 6.17. The summed E-state index contributed by atoms with van der Waals surface area (Å²) in [6.07, 6.45) is 4.58. The molecule has 1 aromatic carbocycles. The van der Waals surface area contributed by atoms with Crippen LogP contribution in [0, 0.1) is 0 Å². The van der Waals surface area contributed by atoms with Gasteiger partial charge in [0.05, 0.1) is 5.69 Å². The van der Waals surface area contributed by atoms with E-state index in [0.29, 0.717) is 6.04 Å². The molecule has 5 heteroatoms. The lowest BCUT2D eigenvalue weighted by atomic mass is 10.1. The Morgan fingerprint density at radius 3 is 3.11 bits per heavy atom. The molecule has 1 fully saturated rings. The molecule has 3 rings (SSSR count). The zero-order valence-electron chi connectivity index (χ0n) is 10.1. The minimum atomic E-state index is 0.652. The highest BCUT2D eigenvalue weighted by atomic mass is 32.2. The number of benzene rings is 1. The summed E-state index contributed by atoms with van der Waals surface area (Å²) in [4.78, 5) is 4.01. The van der Waals surface area contributed by atoms with E-state index in [1.165, 1.54) is 23.5 Å². The third-order valence-electron chi connectivity index (χ3n) is 3.17. The van der Waals surface area contributed by atoms with E-state index in [0.717, 1.165) is 12.2 Å². The summed E-state index contributed by atoms with van der Waals surface area (Å²) in [5.74, 6) is 2.51. The minimum Gasteiger partial charge on any atom is -0.309 e. The van der Waals surface area contributed by atoms with Crippen molar-refractivity contribution >= 4 is 11.8 Å². The van der Waals surface area contributed by atoms with Crippen molar-refractivity contribution in [1.29, 1.82) is 0 Å². The number of thioether (sulfide) groups is 1. The van der Waals surface area contributed by atoms with E-state index in [4.69, 9.17) is 0 Å². The zero-order valence-corrected chi connectivity index (χ0v) is 10.9. The standard InChI is InChI=1S/C13H16N4S/c1-2-4-13(17-10-14-9-16-17)11(3-1)7-15-12-5-6-18-8-12/h1-4,9-10,12,15H,5-8H2/t12-/m1/s1. The monoisotopic (exact) mass is 260 g/mol. The van der Waals surface area contributed by atoms with Crippen LogP contribution < -0.4 is 5.32 Å². The van der Waals surface area contributed by atoms with Crippen molar-refractivity contribution < 1.29 is 0 Å². The van der Waals surface area contributed by atoms with Crippen molar-refractivity contribution in [3.05, 3.63) is 42.5 Å². The van der Waals surface area contributed by atoms with E-state index < -0.39 is 0 Å². The van der Waals surface area contributed by atoms with Gasteiger partial charge in [0, 0.05) is 18.3 Å². The number of aromatic nitrogens is 3. The van der Waals surface area contributed by atoms with E-state index in [2.05, 4.69) is 33.6 Å². The molecule has 0 spiro atoms. The van der Waals surface area contributed by atoms with Gasteiger partial charge in [0.15, 0.2) is 0 Å². The van der Waals surface area contributed by atoms with E-state index in [1.54, 1.807) is 12.7 Å². The molecule has 0 bridgehead atoms. The van der Waals surface area contributed by atoms with Crippen molar-refractivity contribution in [2.75, 3.05) is 11.5 Å². The maximum absolute atomic E-state index is 4.20. The molecule has 1 N–H and O–H groups in total. The third kappa shape index (κ3) is 2.57. The molecule has 0 aliphatic carbocycles. The van der Waals surface area contributed by atoms with Gasteiger partial charge >= 0.3 is 0 Å². The number of nitrogens with zero attached hydrogens (tertiary/aromatic N) is 3. The van der Waals surface area contributed by atoms with Crippen LogP contribution in [0.3, 0.4) is 0 Å². The van der Waals surface area contributed by atoms with Crippen LogP contribution in [0.4, 0.5) is 0 Å². The Hall–Kier alpha value is -1.33. The highest BCUT2D eigenvalue weighted by Gasteiger charge is 2.15. The van der Waals surface area contributed by atoms with E-state index in [1.807, 2.05) is 22.5 Å². The van der Waals surface area contributed by atoms with Gasteiger partial charge in [0.2, 0.25) is 0 Å². The fourth-order valence-electron chi connectivity index (χ4n) is 2.17. The maximum Gasteiger partial charge on any atom is 0.138 e. The van der Waals surface area contributed by atoms with Crippen LogP contribution in [0.25, 0.3) is 5.69 Å². The molecule has 0 amide bonds. The molecule has 0 saturated carbocycles. The van der Waals surface area contributed by atoms with Crippen molar-refractivity contribution in [2.24, 2.45) is 0 Å². The SMILES string of the molecule is c1ccc(-n2cncn2)c(CN[C@@H]2CCSC2)c1. The molecule has 1 atom stereocenters. The summed E-state index contributed by atoms with van der Waals surface area (Å²) in [7, 11) is 0. The number of hydrogen-bond donors (Lipinski definition) is 1. The fraction of sp³-hybridized carbons (Fsp3) is 0.385. The molecule has 18 heavy (non-hydrogen) atoms. The van der Waals surface area contributed by atoms with Crippen LogP contribution >= 0.6 is 11.8 Å². The van der Waals surface area contributed by atoms with Crippen LogP contribution in [0.5, 0.6) is 0 Å². The molecule has 1 saturated heterocycles. The van der Waals surface area contributed by atoms with Gasteiger partial charge in [0.25, 0.3) is 0 Å². The van der Waals surface area contributed by atoms with Gasteiger partial charge in [0.1, 0.15) is 12.7 Å². The smallest absolute Gasteiger partial charge is 0.138 e. The molecule has 0 unspecified atom stereocenters. The summed E-state index contributed by atoms with van der Waals surface area (Å²) in [6, 6.07) is 8.98. The van der Waals surface area contributed by atoms with Gasteiger partial charge in [-0.05, 0) is 23.8 Å². The van der Waals surface area contributed by atoms with Gasteiger partial charge in [-0.15, -0.1) is 0 Å². The van der Waals surface area contributed by atoms with E-state index >= 15 is 0 Å². The Kier molecular flexibility index (Phi) is 3.61. The third-order valence-corrected chi connectivity index (χ3v) is 4.33. The van der Waals surface area contributed by atoms with Gasteiger partial charge in [-0.1, -0.05) is 18.2 Å². The zero-order chi connectivity index (χ0) is 12.2. The van der Waals surface area contributed by atoms with Crippen molar-refractivity contribution in [3.63, 3.8) is 0 Å². The Labute approximate surface area is 111 Å². The Morgan fingerprint density at radius 1 is 1.39 bits per heavy atom. The van der Waals surface area contributed by atoms with Crippen molar-refractivity contribution in [3.8, 4) is 5.69 Å². The van der Waals surface area contributed by atoms with Crippen LogP contribution in [0.15, 0.2) is 36.9 Å².